The molecule has 1 N–H and O–H groups in total. The zero-order chi connectivity index (χ0) is 26.1. The molecule has 38 heavy (non-hydrogen) atoms. The Labute approximate surface area is 222 Å². The summed E-state index contributed by atoms with van der Waals surface area (Å²) in [6, 6.07) is 23.0. The van der Waals surface area contributed by atoms with E-state index in [1.807, 2.05) is 12.1 Å². The van der Waals surface area contributed by atoms with Gasteiger partial charge < -0.3 is 24.1 Å². The van der Waals surface area contributed by atoms with Crippen LogP contribution in [-0.2, 0) is 15.3 Å². The maximum atomic E-state index is 13.6. The van der Waals surface area contributed by atoms with E-state index in [2.05, 4.69) is 24.3 Å². The SMILES string of the molecule is COc1ccc(C2(O)OC(=O)C(c3ccc4c(c3)OCO4)=C2CC(c2ccccc2)C2CCCCC2)cc1. The maximum Gasteiger partial charge on any atom is 0.341 e. The largest absolute Gasteiger partial charge is 0.497 e. The third kappa shape index (κ3) is 4.43. The lowest BCUT2D eigenvalue weighted by Gasteiger charge is -2.34. The van der Waals surface area contributed by atoms with E-state index in [-0.39, 0.29) is 12.7 Å². The quantitative estimate of drug-likeness (QED) is 0.373. The molecule has 0 bridgehead atoms. The summed E-state index contributed by atoms with van der Waals surface area (Å²) in [6.07, 6.45) is 6.39. The summed E-state index contributed by atoms with van der Waals surface area (Å²) >= 11 is 0. The van der Waals surface area contributed by atoms with Gasteiger partial charge in [-0.2, -0.15) is 0 Å². The lowest BCUT2D eigenvalue weighted by molar-refractivity contribution is -0.185. The highest BCUT2D eigenvalue weighted by Crippen LogP contribution is 2.51. The zero-order valence-electron chi connectivity index (χ0n) is 21.5. The third-order valence-electron chi connectivity index (χ3n) is 8.17. The van der Waals surface area contributed by atoms with Crippen LogP contribution in [0.25, 0.3) is 5.57 Å². The van der Waals surface area contributed by atoms with Crippen LogP contribution >= 0.6 is 0 Å². The Morgan fingerprint density at radius 2 is 1.68 bits per heavy atom. The molecule has 6 heteroatoms. The Balaban J connectivity index is 1.50. The van der Waals surface area contributed by atoms with E-state index in [1.54, 1.807) is 43.5 Å². The average Bonchev–Trinajstić information content (AvgIpc) is 3.54. The first-order chi connectivity index (χ1) is 18.6. The molecule has 6 rings (SSSR count). The lowest BCUT2D eigenvalue weighted by Crippen LogP contribution is -2.30. The molecule has 3 aromatic carbocycles. The molecular formula is C32H32O6. The normalized spacial score (nSPS) is 21.9. The average molecular weight is 513 g/mol. The van der Waals surface area contributed by atoms with Gasteiger partial charge in [-0.3, -0.25) is 0 Å². The highest BCUT2D eigenvalue weighted by Gasteiger charge is 2.49. The van der Waals surface area contributed by atoms with Gasteiger partial charge in [0.15, 0.2) is 11.5 Å². The minimum Gasteiger partial charge on any atom is -0.497 e. The van der Waals surface area contributed by atoms with Gasteiger partial charge in [-0.05, 0) is 78.6 Å². The lowest BCUT2D eigenvalue weighted by atomic mass is 9.72. The van der Waals surface area contributed by atoms with Crippen molar-refractivity contribution in [1.82, 2.24) is 0 Å². The minimum absolute atomic E-state index is 0.134. The molecule has 2 unspecified atom stereocenters. The van der Waals surface area contributed by atoms with Gasteiger partial charge in [-0.15, -0.1) is 0 Å². The number of cyclic esters (lactones) is 1. The fourth-order valence-electron chi connectivity index (χ4n) is 6.19. The second kappa shape index (κ2) is 10.2. The molecule has 1 aliphatic carbocycles. The van der Waals surface area contributed by atoms with Gasteiger partial charge in [0.05, 0.1) is 12.7 Å². The van der Waals surface area contributed by atoms with Crippen molar-refractivity contribution in [3.05, 3.63) is 95.1 Å². The zero-order valence-corrected chi connectivity index (χ0v) is 21.5. The molecule has 0 amide bonds. The van der Waals surface area contributed by atoms with Gasteiger partial charge in [0.25, 0.3) is 5.79 Å². The number of rotatable bonds is 7. The predicted octanol–water partition coefficient (Wildman–Crippen LogP) is 6.33. The summed E-state index contributed by atoms with van der Waals surface area (Å²) in [5.74, 6) is 0.0185. The van der Waals surface area contributed by atoms with Gasteiger partial charge >= 0.3 is 5.97 Å². The van der Waals surface area contributed by atoms with E-state index in [0.717, 1.165) is 12.8 Å². The van der Waals surface area contributed by atoms with E-state index in [4.69, 9.17) is 18.9 Å². The molecule has 196 valence electrons. The standard InChI is InChI=1S/C32H32O6/c1-35-25-15-13-24(14-16-25)32(34)27(19-26(21-8-4-2-5-9-21)22-10-6-3-7-11-22)30(31(33)38-32)23-12-17-28-29(18-23)37-20-36-28/h2,4-5,8-9,12-18,22,26,34H,3,6-7,10-11,19-20H2,1H3. The van der Waals surface area contributed by atoms with Crippen LogP contribution in [0.1, 0.15) is 61.1 Å². The van der Waals surface area contributed by atoms with Crippen molar-refractivity contribution in [1.29, 1.82) is 0 Å². The first-order valence-corrected chi connectivity index (χ1v) is 13.4. The van der Waals surface area contributed by atoms with Gasteiger partial charge in [0, 0.05) is 11.1 Å². The van der Waals surface area contributed by atoms with Crippen molar-refractivity contribution in [2.45, 2.75) is 50.2 Å². The van der Waals surface area contributed by atoms with E-state index in [9.17, 15) is 9.90 Å². The predicted molar refractivity (Wildman–Crippen MR) is 143 cm³/mol. The number of methoxy groups -OCH3 is 1. The topological polar surface area (TPSA) is 74.2 Å². The van der Waals surface area contributed by atoms with Crippen LogP contribution in [0.4, 0.5) is 0 Å². The number of carbonyl (C=O) groups excluding carboxylic acids is 1. The molecule has 1 fully saturated rings. The number of hydrogen-bond acceptors (Lipinski definition) is 6. The molecule has 2 aliphatic heterocycles. The molecule has 2 heterocycles. The number of benzene rings is 3. The van der Waals surface area contributed by atoms with Crippen molar-refractivity contribution >= 4 is 11.5 Å². The highest BCUT2D eigenvalue weighted by atomic mass is 16.7. The van der Waals surface area contributed by atoms with Gasteiger partial charge in [0.1, 0.15) is 5.75 Å². The Bertz CT molecular complexity index is 1340. The summed E-state index contributed by atoms with van der Waals surface area (Å²) in [5.41, 5.74) is 3.32. The smallest absolute Gasteiger partial charge is 0.341 e. The van der Waals surface area contributed by atoms with E-state index < -0.39 is 11.8 Å². The van der Waals surface area contributed by atoms with Gasteiger partial charge in [-0.1, -0.05) is 55.7 Å². The molecule has 3 aliphatic rings. The number of carbonyl (C=O) groups is 1. The van der Waals surface area contributed by atoms with Crippen molar-refractivity contribution in [3.8, 4) is 17.2 Å². The number of esters is 1. The summed E-state index contributed by atoms with van der Waals surface area (Å²) in [7, 11) is 1.59. The molecule has 0 aromatic heterocycles. The van der Waals surface area contributed by atoms with Crippen LogP contribution < -0.4 is 14.2 Å². The van der Waals surface area contributed by atoms with E-state index in [1.165, 1.54) is 24.8 Å². The van der Waals surface area contributed by atoms with E-state index in [0.29, 0.717) is 51.9 Å². The summed E-state index contributed by atoms with van der Waals surface area (Å²) < 4.78 is 22.3. The Hall–Kier alpha value is -3.77. The second-order valence-corrected chi connectivity index (χ2v) is 10.3. The Morgan fingerprint density at radius 3 is 2.42 bits per heavy atom. The van der Waals surface area contributed by atoms with Crippen LogP contribution in [0.5, 0.6) is 17.2 Å². The molecule has 0 radical (unpaired) electrons. The van der Waals surface area contributed by atoms with Crippen LogP contribution in [0.15, 0.2) is 78.4 Å². The van der Waals surface area contributed by atoms with Gasteiger partial charge in [-0.25, -0.2) is 4.79 Å². The van der Waals surface area contributed by atoms with Crippen molar-refractivity contribution in [2.75, 3.05) is 13.9 Å². The second-order valence-electron chi connectivity index (χ2n) is 10.3. The number of fused-ring (bicyclic) bond motifs is 1. The first kappa shape index (κ1) is 24.6. The molecule has 3 aromatic rings. The fraction of sp³-hybridized carbons (Fsp3) is 0.344. The number of ether oxygens (including phenoxy) is 4. The molecule has 2 atom stereocenters. The van der Waals surface area contributed by atoms with Crippen LogP contribution in [0.2, 0.25) is 0 Å². The first-order valence-electron chi connectivity index (χ1n) is 13.4. The van der Waals surface area contributed by atoms with Crippen molar-refractivity contribution in [2.24, 2.45) is 5.92 Å². The molecule has 6 nitrogen and oxygen atoms in total. The van der Waals surface area contributed by atoms with Crippen molar-refractivity contribution < 1.29 is 28.8 Å². The van der Waals surface area contributed by atoms with Crippen LogP contribution in [0.3, 0.4) is 0 Å². The number of aliphatic hydroxyl groups is 1. The van der Waals surface area contributed by atoms with Crippen molar-refractivity contribution in [3.63, 3.8) is 0 Å². The van der Waals surface area contributed by atoms with E-state index >= 15 is 0 Å². The summed E-state index contributed by atoms with van der Waals surface area (Å²) in [4.78, 5) is 13.6. The van der Waals surface area contributed by atoms with Crippen LogP contribution in [0, 0.1) is 5.92 Å². The molecular weight excluding hydrogens is 480 g/mol. The maximum absolute atomic E-state index is 13.6. The Morgan fingerprint density at radius 1 is 0.947 bits per heavy atom. The highest BCUT2D eigenvalue weighted by molar-refractivity contribution is 6.20. The molecule has 1 saturated carbocycles. The molecule has 0 saturated heterocycles. The monoisotopic (exact) mass is 512 g/mol. The summed E-state index contributed by atoms with van der Waals surface area (Å²) in [6.45, 7) is 0.142. The van der Waals surface area contributed by atoms with Crippen LogP contribution in [-0.4, -0.2) is 25.0 Å². The third-order valence-corrected chi connectivity index (χ3v) is 8.17. The molecule has 0 spiro atoms. The van der Waals surface area contributed by atoms with Gasteiger partial charge in [0.2, 0.25) is 6.79 Å². The Kier molecular flexibility index (Phi) is 6.58. The minimum atomic E-state index is -1.89. The number of hydrogen-bond donors (Lipinski definition) is 1. The summed E-state index contributed by atoms with van der Waals surface area (Å²) in [5, 5.41) is 12.2. The fourth-order valence-corrected chi connectivity index (χ4v) is 6.19.